The molecular weight excluding hydrogens is 229 g/mol. The van der Waals surface area contributed by atoms with Gasteiger partial charge in [0.2, 0.25) is 0 Å². The van der Waals surface area contributed by atoms with Crippen LogP contribution in [0.1, 0.15) is 0 Å². The Labute approximate surface area is 66.7 Å². The highest BCUT2D eigenvalue weighted by atomic mass is 35.9. The first-order chi connectivity index (χ1) is 3.71. The largest absolute Gasteiger partial charge is 0.385 e. The fourth-order valence-electron chi connectivity index (χ4n) is 0.183. The zero-order valence-electron chi connectivity index (χ0n) is 4.26. The van der Waals surface area contributed by atoms with Crippen LogP contribution in [-0.2, 0) is 11.8 Å². The third-order valence-corrected chi connectivity index (χ3v) is 4.22. The molecule has 0 saturated heterocycles. The number of halogens is 4. The van der Waals surface area contributed by atoms with Gasteiger partial charge < -0.3 is 0 Å². The molecule has 0 rings (SSSR count). The zero-order chi connectivity index (χ0) is 7.71. The van der Waals surface area contributed by atoms with Gasteiger partial charge in [-0.1, -0.05) is 22.5 Å². The summed E-state index contributed by atoms with van der Waals surface area (Å²) >= 11 is 14.1. The molecule has 0 bridgehead atoms. The molecule has 0 aliphatic carbocycles. The van der Waals surface area contributed by atoms with Gasteiger partial charge >= 0.3 is 6.81 Å². The lowest BCUT2D eigenvalue weighted by Gasteiger charge is -1.99. The summed E-state index contributed by atoms with van der Waals surface area (Å²) in [6.07, 6.45) is 0. The summed E-state index contributed by atoms with van der Waals surface area (Å²) in [5.74, 6) is -2.77. The summed E-state index contributed by atoms with van der Waals surface area (Å²) < 4.78 is 26.4. The van der Waals surface area contributed by atoms with Crippen molar-refractivity contribution in [3.05, 3.63) is 0 Å². The summed E-state index contributed by atoms with van der Waals surface area (Å²) in [5, 5.41) is 0. The van der Waals surface area contributed by atoms with Crippen LogP contribution in [0, 0.1) is 0 Å². The van der Waals surface area contributed by atoms with Crippen molar-refractivity contribution in [1.82, 2.24) is 0 Å². The molecule has 0 fully saturated rings. The lowest BCUT2D eigenvalue weighted by atomic mass is 12.0. The Balaban J connectivity index is 4.53. The SMILES string of the molecule is CP(Cl)(Cl)=NP(F)(F)=S. The van der Waals surface area contributed by atoms with Crippen LogP contribution >= 0.6 is 35.1 Å². The minimum Gasteiger partial charge on any atom is -0.184 e. The van der Waals surface area contributed by atoms with Crippen molar-refractivity contribution in [2.45, 2.75) is 0 Å². The lowest BCUT2D eigenvalue weighted by molar-refractivity contribution is 0.744. The van der Waals surface area contributed by atoms with E-state index >= 15 is 0 Å². The van der Waals surface area contributed by atoms with Crippen LogP contribution in [0.2, 0.25) is 0 Å². The van der Waals surface area contributed by atoms with E-state index in [4.69, 9.17) is 22.5 Å². The molecular formula is CH3Cl2F2NP2S. The first-order valence-electron chi connectivity index (χ1n) is 1.71. The highest BCUT2D eigenvalue weighted by Crippen LogP contribution is 2.67. The molecule has 9 heavy (non-hydrogen) atoms. The second kappa shape index (κ2) is 3.15. The van der Waals surface area contributed by atoms with Gasteiger partial charge in [0.05, 0.1) is 0 Å². The average Bonchev–Trinajstić information content (AvgIpc) is 1.14. The van der Waals surface area contributed by atoms with Crippen molar-refractivity contribution in [3.8, 4) is 0 Å². The Kier molecular flexibility index (Phi) is 3.61. The van der Waals surface area contributed by atoms with E-state index in [9.17, 15) is 8.39 Å². The fraction of sp³-hybridized carbons (Fsp3) is 1.00. The standard InChI is InChI=1S/CH3Cl2F2NP2S/c1-7(2,3)6-8(4,5)9/h1H3. The molecule has 0 aromatic carbocycles. The van der Waals surface area contributed by atoms with Gasteiger partial charge in [-0.3, -0.25) is 0 Å². The maximum Gasteiger partial charge on any atom is 0.385 e. The van der Waals surface area contributed by atoms with Gasteiger partial charge in [0.25, 0.3) is 0 Å². The molecule has 0 heterocycles. The van der Waals surface area contributed by atoms with Crippen molar-refractivity contribution in [2.24, 2.45) is 4.52 Å². The highest BCUT2D eigenvalue weighted by Gasteiger charge is 2.15. The summed E-state index contributed by atoms with van der Waals surface area (Å²) in [5.41, 5.74) is 0. The van der Waals surface area contributed by atoms with E-state index in [1.54, 1.807) is 0 Å². The maximum absolute atomic E-state index is 11.8. The molecule has 0 radical (unpaired) electrons. The van der Waals surface area contributed by atoms with Gasteiger partial charge in [-0.05, 0) is 18.5 Å². The molecule has 1 nitrogen and oxygen atoms in total. The third kappa shape index (κ3) is 9.32. The Hall–Kier alpha value is 1.32. The molecule has 0 atom stereocenters. The van der Waals surface area contributed by atoms with E-state index in [0.717, 1.165) is 0 Å². The normalized spacial score (nSPS) is 13.4. The summed E-state index contributed by atoms with van der Waals surface area (Å²) in [7, 11) is 0. The molecule has 0 N–H and O–H groups in total. The maximum atomic E-state index is 11.8. The minimum atomic E-state index is -4.54. The number of nitrogens with zero attached hydrogens (tertiary/aromatic N) is 1. The zero-order valence-corrected chi connectivity index (χ0v) is 8.38. The van der Waals surface area contributed by atoms with Crippen molar-refractivity contribution in [1.29, 1.82) is 0 Å². The Bertz CT molecular complexity index is 184. The molecule has 0 amide bonds. The Morgan fingerprint density at radius 3 is 1.78 bits per heavy atom. The second-order valence-corrected chi connectivity index (χ2v) is 10.2. The third-order valence-electron chi connectivity index (χ3n) is 0.261. The quantitative estimate of drug-likeness (QED) is 0.614. The summed E-state index contributed by atoms with van der Waals surface area (Å²) in [4.78, 5) is 0. The van der Waals surface area contributed by atoms with Gasteiger partial charge in [-0.2, -0.15) is 12.9 Å². The van der Waals surface area contributed by atoms with Crippen LogP contribution in [0.25, 0.3) is 0 Å². The molecule has 0 spiro atoms. The fourth-order valence-corrected chi connectivity index (χ4v) is 5.21. The Morgan fingerprint density at radius 2 is 1.78 bits per heavy atom. The van der Waals surface area contributed by atoms with E-state index in [1.807, 2.05) is 0 Å². The molecule has 0 aliphatic rings. The first kappa shape index (κ1) is 10.3. The smallest absolute Gasteiger partial charge is 0.184 e. The van der Waals surface area contributed by atoms with Crippen LogP contribution in [0.3, 0.4) is 0 Å². The molecule has 56 valence electrons. The predicted octanol–water partition coefficient (Wildman–Crippen LogP) is 4.29. The highest BCUT2D eigenvalue weighted by molar-refractivity contribution is 8.16. The minimum absolute atomic E-state index is 1.25. The van der Waals surface area contributed by atoms with Gasteiger partial charge in [0.1, 0.15) is 5.76 Å². The average molecular weight is 232 g/mol. The topological polar surface area (TPSA) is 12.4 Å². The van der Waals surface area contributed by atoms with Crippen molar-refractivity contribution in [2.75, 3.05) is 6.66 Å². The van der Waals surface area contributed by atoms with Crippen molar-refractivity contribution >= 4 is 46.9 Å². The van der Waals surface area contributed by atoms with Crippen LogP contribution in [-0.4, -0.2) is 6.66 Å². The van der Waals surface area contributed by atoms with Crippen LogP contribution in [0.4, 0.5) is 8.39 Å². The van der Waals surface area contributed by atoms with E-state index in [2.05, 4.69) is 16.3 Å². The lowest BCUT2D eigenvalue weighted by Crippen LogP contribution is -1.51. The van der Waals surface area contributed by atoms with E-state index in [-0.39, 0.29) is 0 Å². The van der Waals surface area contributed by atoms with E-state index in [1.165, 1.54) is 6.66 Å². The van der Waals surface area contributed by atoms with E-state index < -0.39 is 12.6 Å². The number of rotatable bonds is 1. The molecule has 0 aromatic heterocycles. The van der Waals surface area contributed by atoms with Gasteiger partial charge in [-0.15, -0.1) is 0 Å². The predicted molar refractivity (Wildman–Crippen MR) is 43.5 cm³/mol. The molecule has 0 saturated carbocycles. The Morgan fingerprint density at radius 1 is 1.44 bits per heavy atom. The summed E-state index contributed by atoms with van der Waals surface area (Å²) in [6, 6.07) is 0. The van der Waals surface area contributed by atoms with Crippen molar-refractivity contribution in [3.63, 3.8) is 0 Å². The monoisotopic (exact) mass is 231 g/mol. The van der Waals surface area contributed by atoms with Crippen LogP contribution < -0.4 is 0 Å². The van der Waals surface area contributed by atoms with Crippen LogP contribution in [0.5, 0.6) is 0 Å². The number of hydrogen-bond acceptors (Lipinski definition) is 1. The molecule has 0 unspecified atom stereocenters. The first-order valence-corrected chi connectivity index (χ1v) is 8.24. The summed E-state index contributed by atoms with van der Waals surface area (Å²) in [6.45, 7) is -3.30. The van der Waals surface area contributed by atoms with E-state index in [0.29, 0.717) is 0 Å². The van der Waals surface area contributed by atoms with Crippen molar-refractivity contribution < 1.29 is 8.39 Å². The number of hydrogen-bond donors (Lipinski definition) is 0. The van der Waals surface area contributed by atoms with Gasteiger partial charge in [-0.25, -0.2) is 0 Å². The molecule has 0 aromatic rings. The molecule has 8 heteroatoms. The van der Waals surface area contributed by atoms with Gasteiger partial charge in [0.15, 0.2) is 0 Å². The second-order valence-electron chi connectivity index (χ2n) is 1.28. The molecule has 0 aliphatic heterocycles. The van der Waals surface area contributed by atoms with Gasteiger partial charge in [0, 0.05) is 0 Å². The van der Waals surface area contributed by atoms with Crippen LogP contribution in [0.15, 0.2) is 4.52 Å².